The summed E-state index contributed by atoms with van der Waals surface area (Å²) in [7, 11) is -3.06. The Morgan fingerprint density at radius 3 is 1.77 bits per heavy atom. The monoisotopic (exact) mass is 713 g/mol. The number of Topliss-reactive ketones (excluding diaryl/α,β-unsaturated/α-hetero) is 1. The van der Waals surface area contributed by atoms with E-state index in [2.05, 4.69) is 117 Å². The lowest BCUT2D eigenvalue weighted by Gasteiger charge is -2.59. The van der Waals surface area contributed by atoms with Gasteiger partial charge in [0.1, 0.15) is 5.78 Å². The van der Waals surface area contributed by atoms with E-state index in [4.69, 9.17) is 18.0 Å². The van der Waals surface area contributed by atoms with Gasteiger partial charge in [0.15, 0.2) is 8.32 Å². The van der Waals surface area contributed by atoms with Crippen LogP contribution < -0.4 is 0 Å². The summed E-state index contributed by atoms with van der Waals surface area (Å²) < 4.78 is 27.3. The van der Waals surface area contributed by atoms with Gasteiger partial charge in [-0.3, -0.25) is 4.79 Å². The zero-order chi connectivity index (χ0) is 37.6. The molecule has 1 heterocycles. The maximum atomic E-state index is 13.8. The second kappa shape index (κ2) is 18.4. The van der Waals surface area contributed by atoms with E-state index in [0.29, 0.717) is 36.1 Å². The molecule has 0 aliphatic carbocycles. The first-order chi connectivity index (χ1) is 21.9. The van der Waals surface area contributed by atoms with Crippen LogP contribution in [0.15, 0.2) is 12.7 Å². The summed E-state index contributed by atoms with van der Waals surface area (Å²) in [5.74, 6) is 0.396. The number of aliphatic hydroxyl groups is 1. The summed E-state index contributed by atoms with van der Waals surface area (Å²) in [5.41, 5.74) is 1.64. The van der Waals surface area contributed by atoms with Crippen LogP contribution in [-0.4, -0.2) is 65.9 Å². The fourth-order valence-electron chi connectivity index (χ4n) is 9.43. The van der Waals surface area contributed by atoms with Crippen LogP contribution in [0.3, 0.4) is 0 Å². The molecular weight excluding hydrogens is 633 g/mol. The Morgan fingerprint density at radius 2 is 1.35 bits per heavy atom. The third-order valence-electron chi connectivity index (χ3n) is 12.0. The summed E-state index contributed by atoms with van der Waals surface area (Å²) in [6.45, 7) is 42.7. The molecule has 0 aromatic heterocycles. The number of hydrogen-bond donors (Lipinski definition) is 1. The summed E-state index contributed by atoms with van der Waals surface area (Å²) in [4.78, 5) is 13.8. The van der Waals surface area contributed by atoms with Crippen LogP contribution in [0.2, 0.25) is 26.7 Å². The number of ether oxygens (including phenoxy) is 1. The van der Waals surface area contributed by atoms with Crippen LogP contribution in [0.5, 0.6) is 0 Å². The van der Waals surface area contributed by atoms with Crippen molar-refractivity contribution in [3.63, 3.8) is 0 Å². The van der Waals surface area contributed by atoms with E-state index in [-0.39, 0.29) is 63.8 Å². The summed E-state index contributed by atoms with van der Waals surface area (Å²) in [5, 5.41) is 10.7. The molecule has 0 saturated carbocycles. The lowest BCUT2D eigenvalue weighted by Crippen LogP contribution is -2.68. The molecule has 1 aliphatic heterocycles. The molecule has 0 radical (unpaired) electrons. The van der Waals surface area contributed by atoms with Crippen LogP contribution in [0.1, 0.15) is 143 Å². The SMILES string of the molecule is C=CC[C@@H](O)[C@H](C)[C@@H]1O[Si](C(C)(C)C)(C(C)(C)C)O[C@@H]([C@@H](C)CCC(=O)[C@H](C)[C@H](OC)[C@H](C)CCO[Si](C(C)C)(C(C)C)C(C)C)[C@@H]1C. The van der Waals surface area contributed by atoms with Gasteiger partial charge in [-0.05, 0) is 47.7 Å². The second-order valence-electron chi connectivity index (χ2n) is 18.5. The molecule has 284 valence electrons. The summed E-state index contributed by atoms with van der Waals surface area (Å²) in [6.07, 6.45) is 3.52. The van der Waals surface area contributed by atoms with Gasteiger partial charge in [0.2, 0.25) is 0 Å². The molecule has 9 atom stereocenters. The molecule has 0 aromatic rings. The van der Waals surface area contributed by atoms with Crippen molar-refractivity contribution in [3.05, 3.63) is 12.7 Å². The van der Waals surface area contributed by atoms with Crippen LogP contribution in [-0.2, 0) is 22.8 Å². The molecule has 1 saturated heterocycles. The maximum Gasteiger partial charge on any atom is 0.349 e. The molecule has 1 rings (SSSR count). The van der Waals surface area contributed by atoms with Gasteiger partial charge in [-0.1, -0.05) is 124 Å². The summed E-state index contributed by atoms with van der Waals surface area (Å²) in [6, 6.07) is 0. The fraction of sp³-hybridized carbons (Fsp3) is 0.925. The van der Waals surface area contributed by atoms with Gasteiger partial charge in [0.05, 0.1) is 24.4 Å². The molecule has 0 spiro atoms. The van der Waals surface area contributed by atoms with Gasteiger partial charge in [-0.2, -0.15) is 0 Å². The smallest absolute Gasteiger partial charge is 0.349 e. The van der Waals surface area contributed by atoms with Crippen LogP contribution >= 0.6 is 0 Å². The van der Waals surface area contributed by atoms with Gasteiger partial charge >= 0.3 is 8.56 Å². The molecule has 1 N–H and O–H groups in total. The molecule has 1 aliphatic rings. The van der Waals surface area contributed by atoms with E-state index in [1.807, 2.05) is 6.92 Å². The normalized spacial score (nSPS) is 24.8. The average molecular weight is 713 g/mol. The first kappa shape index (κ1) is 45.7. The van der Waals surface area contributed by atoms with Crippen molar-refractivity contribution in [2.24, 2.45) is 29.6 Å². The van der Waals surface area contributed by atoms with Crippen molar-refractivity contribution >= 4 is 22.7 Å². The van der Waals surface area contributed by atoms with Gasteiger partial charge in [-0.25, -0.2) is 0 Å². The van der Waals surface area contributed by atoms with Gasteiger partial charge in [-0.15, -0.1) is 6.58 Å². The Labute approximate surface area is 300 Å². The van der Waals surface area contributed by atoms with Gasteiger partial charge < -0.3 is 23.1 Å². The van der Waals surface area contributed by atoms with E-state index in [9.17, 15) is 9.90 Å². The highest BCUT2D eigenvalue weighted by Crippen LogP contribution is 2.57. The zero-order valence-electron chi connectivity index (χ0n) is 34.7. The van der Waals surface area contributed by atoms with E-state index in [1.54, 1.807) is 13.2 Å². The highest BCUT2D eigenvalue weighted by atomic mass is 28.4. The standard InChI is InChI=1S/C40H80O6Si2/c1-20-21-34(41)32(11)38-33(12)37(45-48(46-38,39(13,14)15)40(16,17)18)29(8)22-23-35(42)31(10)36(43-19)30(9)24-25-44-47(26(2)3,27(4)5)28(6)7/h20,26-34,36-38,41H,1,21-25H2,2-19H3/t29-,30+,31-,32-,33-,34+,36+,37-,38-/m0/s1. The van der Waals surface area contributed by atoms with Crippen LogP contribution in [0, 0.1) is 29.6 Å². The van der Waals surface area contributed by atoms with Gasteiger partial charge in [0, 0.05) is 48.0 Å². The molecule has 0 amide bonds. The predicted octanol–water partition coefficient (Wildman–Crippen LogP) is 10.9. The number of carbonyl (C=O) groups is 1. The van der Waals surface area contributed by atoms with Crippen molar-refractivity contribution in [1.29, 1.82) is 0 Å². The third-order valence-corrected chi connectivity index (χ3v) is 23.3. The first-order valence-electron chi connectivity index (χ1n) is 19.2. The number of ketones is 1. The van der Waals surface area contributed by atoms with Crippen molar-refractivity contribution in [1.82, 2.24) is 0 Å². The Kier molecular flexibility index (Phi) is 17.5. The molecular formula is C40H80O6Si2. The second-order valence-corrected chi connectivity index (χ2v) is 28.7. The Hall–Kier alpha value is -0.356. The molecule has 6 nitrogen and oxygen atoms in total. The minimum Gasteiger partial charge on any atom is -0.416 e. The van der Waals surface area contributed by atoms with Crippen molar-refractivity contribution in [3.8, 4) is 0 Å². The minimum atomic E-state index is -2.86. The number of carbonyl (C=O) groups excluding carboxylic acids is 1. The molecule has 48 heavy (non-hydrogen) atoms. The molecule has 0 aromatic carbocycles. The topological polar surface area (TPSA) is 74.2 Å². The van der Waals surface area contributed by atoms with Crippen molar-refractivity contribution < 1.29 is 27.9 Å². The molecule has 0 bridgehead atoms. The van der Waals surface area contributed by atoms with Crippen LogP contribution in [0.25, 0.3) is 0 Å². The number of rotatable bonds is 19. The number of methoxy groups -OCH3 is 1. The highest BCUT2D eigenvalue weighted by molar-refractivity contribution is 6.77. The lowest BCUT2D eigenvalue weighted by molar-refractivity contribution is -0.130. The fourth-order valence-corrected chi connectivity index (χ4v) is 20.3. The minimum absolute atomic E-state index is 0.0669. The van der Waals surface area contributed by atoms with Crippen LogP contribution in [0.4, 0.5) is 0 Å². The lowest BCUT2D eigenvalue weighted by atomic mass is 9.79. The van der Waals surface area contributed by atoms with E-state index >= 15 is 0 Å². The Balaban J connectivity index is 3.15. The first-order valence-corrected chi connectivity index (χ1v) is 23.2. The van der Waals surface area contributed by atoms with Crippen molar-refractivity contribution in [2.75, 3.05) is 13.7 Å². The van der Waals surface area contributed by atoms with Crippen molar-refractivity contribution in [2.45, 2.75) is 195 Å². The zero-order valence-corrected chi connectivity index (χ0v) is 36.7. The van der Waals surface area contributed by atoms with E-state index in [0.717, 1.165) is 12.8 Å². The predicted molar refractivity (Wildman–Crippen MR) is 208 cm³/mol. The average Bonchev–Trinajstić information content (AvgIpc) is 2.96. The number of aliphatic hydroxyl groups excluding tert-OH is 1. The quantitative estimate of drug-likeness (QED) is 0.106. The molecule has 0 unspecified atom stereocenters. The van der Waals surface area contributed by atoms with Gasteiger partial charge in [0.25, 0.3) is 0 Å². The Morgan fingerprint density at radius 1 is 0.875 bits per heavy atom. The number of hydrogen-bond acceptors (Lipinski definition) is 6. The largest absolute Gasteiger partial charge is 0.416 e. The highest BCUT2D eigenvalue weighted by Gasteiger charge is 2.64. The molecule has 8 heteroatoms. The van der Waals surface area contributed by atoms with E-state index in [1.165, 1.54) is 0 Å². The summed E-state index contributed by atoms with van der Waals surface area (Å²) >= 11 is 0. The Bertz CT molecular complexity index is 947. The molecule has 1 fully saturated rings. The third kappa shape index (κ3) is 10.2. The maximum absolute atomic E-state index is 13.8. The van der Waals surface area contributed by atoms with E-state index < -0.39 is 23.0 Å².